The molecular weight excluding hydrogens is 265 g/mol. The van der Waals surface area contributed by atoms with Crippen molar-refractivity contribution in [1.29, 1.82) is 0 Å². The highest BCUT2D eigenvalue weighted by molar-refractivity contribution is 9.12. The smallest absolute Gasteiger partial charge is 0.267 e. The maximum Gasteiger partial charge on any atom is 0.267 e. The lowest BCUT2D eigenvalue weighted by Crippen LogP contribution is -2.34. The van der Waals surface area contributed by atoms with E-state index in [1.165, 1.54) is 0 Å². The number of carbonyl (C=O) groups is 2. The van der Waals surface area contributed by atoms with Crippen LogP contribution >= 0.6 is 15.9 Å². The van der Waals surface area contributed by atoms with Gasteiger partial charge in [0.1, 0.15) is 7.85 Å². The Kier molecular flexibility index (Phi) is 4.50. The van der Waals surface area contributed by atoms with Gasteiger partial charge in [0.25, 0.3) is 5.91 Å². The summed E-state index contributed by atoms with van der Waals surface area (Å²) in [5.74, 6) is -0.968. The van der Waals surface area contributed by atoms with Gasteiger partial charge in [-0.2, -0.15) is 0 Å². The van der Waals surface area contributed by atoms with Crippen LogP contribution in [0.15, 0.2) is 9.95 Å². The second kappa shape index (κ2) is 5.43. The number of aliphatic hydroxyl groups is 1. The lowest BCUT2D eigenvalue weighted by atomic mass is 9.96. The van der Waals surface area contributed by atoms with Crippen molar-refractivity contribution in [3.05, 3.63) is 9.95 Å². The molecule has 1 aliphatic heterocycles. The number of amides is 2. The second-order valence-corrected chi connectivity index (χ2v) is 3.62. The molecule has 1 aliphatic rings. The van der Waals surface area contributed by atoms with E-state index in [-0.39, 0.29) is 36.3 Å². The first-order chi connectivity index (χ1) is 7.09. The fraction of sp³-hybridized carbons (Fsp3) is 0.500. The lowest BCUT2D eigenvalue weighted by molar-refractivity contribution is -0.137. The van der Waals surface area contributed by atoms with Gasteiger partial charge in [-0.25, -0.2) is 0 Å². The first kappa shape index (κ1) is 12.4. The van der Waals surface area contributed by atoms with Gasteiger partial charge in [-0.3, -0.25) is 14.5 Å². The van der Waals surface area contributed by atoms with Crippen LogP contribution in [-0.4, -0.2) is 56.0 Å². The highest BCUT2D eigenvalue weighted by atomic mass is 79.9. The summed E-state index contributed by atoms with van der Waals surface area (Å²) >= 11 is 2.93. The number of hydrogen-bond acceptors (Lipinski definition) is 4. The van der Waals surface area contributed by atoms with E-state index in [0.29, 0.717) is 0 Å². The van der Waals surface area contributed by atoms with Gasteiger partial charge in [-0.15, -0.1) is 0 Å². The average molecular weight is 274 g/mol. The van der Waals surface area contributed by atoms with Crippen LogP contribution in [0.3, 0.4) is 0 Å². The lowest BCUT2D eigenvalue weighted by Gasteiger charge is -2.14. The number of hydrogen-bond donors (Lipinski definition) is 1. The Morgan fingerprint density at radius 3 is 2.47 bits per heavy atom. The Hall–Kier alpha value is -0.655. The van der Waals surface area contributed by atoms with Gasteiger partial charge in [0.05, 0.1) is 30.8 Å². The van der Waals surface area contributed by atoms with Crippen LogP contribution in [0, 0.1) is 0 Å². The summed E-state index contributed by atoms with van der Waals surface area (Å²) in [6.07, 6.45) is 0. The van der Waals surface area contributed by atoms with Crippen molar-refractivity contribution < 1.29 is 19.4 Å². The first-order valence-electron chi connectivity index (χ1n) is 4.29. The van der Waals surface area contributed by atoms with Crippen LogP contribution in [0.2, 0.25) is 0 Å². The Balaban J connectivity index is 2.46. The SMILES string of the molecule is [B]C1=C(Br)C(=O)N(CCOCCO)C1=O. The predicted molar refractivity (Wildman–Crippen MR) is 56.3 cm³/mol. The van der Waals surface area contributed by atoms with Gasteiger partial charge < -0.3 is 9.84 Å². The molecule has 0 bridgehead atoms. The van der Waals surface area contributed by atoms with Crippen LogP contribution in [0.25, 0.3) is 0 Å². The number of nitrogens with zero attached hydrogens (tertiary/aromatic N) is 1. The number of halogens is 1. The van der Waals surface area contributed by atoms with Gasteiger partial charge in [0.2, 0.25) is 5.91 Å². The molecule has 0 atom stereocenters. The maximum absolute atomic E-state index is 11.4. The van der Waals surface area contributed by atoms with Crippen LogP contribution in [0.1, 0.15) is 0 Å². The zero-order valence-corrected chi connectivity index (χ0v) is 9.49. The summed E-state index contributed by atoms with van der Waals surface area (Å²) in [4.78, 5) is 23.8. The Morgan fingerprint density at radius 2 is 2.00 bits per heavy atom. The number of aliphatic hydroxyl groups excluding tert-OH is 1. The molecule has 0 aromatic heterocycles. The molecule has 0 aromatic carbocycles. The van der Waals surface area contributed by atoms with Crippen LogP contribution < -0.4 is 0 Å². The van der Waals surface area contributed by atoms with E-state index in [1.807, 2.05) is 0 Å². The minimum Gasteiger partial charge on any atom is -0.394 e. The van der Waals surface area contributed by atoms with Crippen molar-refractivity contribution in [2.75, 3.05) is 26.4 Å². The molecule has 2 amide bonds. The number of rotatable bonds is 5. The monoisotopic (exact) mass is 273 g/mol. The first-order valence-corrected chi connectivity index (χ1v) is 5.09. The molecule has 1 N–H and O–H groups in total. The highest BCUT2D eigenvalue weighted by Crippen LogP contribution is 2.22. The molecule has 1 heterocycles. The van der Waals surface area contributed by atoms with Crippen molar-refractivity contribution in [2.24, 2.45) is 0 Å². The molecule has 0 saturated heterocycles. The van der Waals surface area contributed by atoms with Gasteiger partial charge >= 0.3 is 0 Å². The molecular formula is C8H9BBrNO4. The van der Waals surface area contributed by atoms with E-state index in [2.05, 4.69) is 15.9 Å². The molecule has 15 heavy (non-hydrogen) atoms. The summed E-state index contributed by atoms with van der Waals surface area (Å²) in [6, 6.07) is 0. The van der Waals surface area contributed by atoms with Crippen LogP contribution in [0.5, 0.6) is 0 Å². The third-order valence-electron chi connectivity index (χ3n) is 1.84. The quantitative estimate of drug-likeness (QED) is 0.402. The molecule has 80 valence electrons. The second-order valence-electron chi connectivity index (χ2n) is 2.83. The summed E-state index contributed by atoms with van der Waals surface area (Å²) in [5.41, 5.74) is -0.0813. The van der Waals surface area contributed by atoms with Gasteiger partial charge in [0.15, 0.2) is 0 Å². The van der Waals surface area contributed by atoms with Crippen molar-refractivity contribution in [1.82, 2.24) is 4.90 Å². The minimum absolute atomic E-state index is 0.0813. The van der Waals surface area contributed by atoms with Crippen molar-refractivity contribution in [3.8, 4) is 0 Å². The molecule has 0 aromatic rings. The van der Waals surface area contributed by atoms with Crippen molar-refractivity contribution >= 4 is 35.6 Å². The van der Waals surface area contributed by atoms with E-state index >= 15 is 0 Å². The summed E-state index contributed by atoms with van der Waals surface area (Å²) < 4.78 is 5.03. The van der Waals surface area contributed by atoms with E-state index < -0.39 is 11.8 Å². The molecule has 0 unspecified atom stereocenters. The molecule has 0 fully saturated rings. The summed E-state index contributed by atoms with van der Waals surface area (Å²) in [6.45, 7) is 0.408. The van der Waals surface area contributed by atoms with Gasteiger partial charge in [-0.1, -0.05) is 0 Å². The van der Waals surface area contributed by atoms with Gasteiger partial charge in [0, 0.05) is 0 Å². The van der Waals surface area contributed by atoms with Crippen LogP contribution in [0.4, 0.5) is 0 Å². The van der Waals surface area contributed by atoms with E-state index in [9.17, 15) is 9.59 Å². The maximum atomic E-state index is 11.4. The Bertz CT molecular complexity index is 294. The fourth-order valence-corrected chi connectivity index (χ4v) is 1.47. The minimum atomic E-state index is -0.514. The normalized spacial score (nSPS) is 16.8. The van der Waals surface area contributed by atoms with Gasteiger partial charge in [-0.05, 0) is 21.4 Å². The Morgan fingerprint density at radius 1 is 1.33 bits per heavy atom. The van der Waals surface area contributed by atoms with E-state index in [1.54, 1.807) is 0 Å². The predicted octanol–water partition coefficient (Wildman–Crippen LogP) is -0.861. The zero-order valence-electron chi connectivity index (χ0n) is 7.90. The molecule has 2 radical (unpaired) electrons. The van der Waals surface area contributed by atoms with Crippen molar-refractivity contribution in [3.63, 3.8) is 0 Å². The Labute approximate surface area is 96.6 Å². The van der Waals surface area contributed by atoms with E-state index in [0.717, 1.165) is 4.90 Å². The number of carbonyl (C=O) groups excluding carboxylic acids is 2. The fourth-order valence-electron chi connectivity index (χ4n) is 1.09. The number of ether oxygens (including phenoxy) is 1. The summed E-state index contributed by atoms with van der Waals surface area (Å²) in [7, 11) is 5.37. The molecule has 0 saturated carbocycles. The molecule has 0 spiro atoms. The van der Waals surface area contributed by atoms with Crippen molar-refractivity contribution in [2.45, 2.75) is 0 Å². The standard InChI is InChI=1S/C8H9BBrNO4/c9-5-6(10)8(14)11(7(5)13)1-3-15-4-2-12/h12H,1-4H2. The zero-order chi connectivity index (χ0) is 11.4. The molecule has 5 nitrogen and oxygen atoms in total. The molecule has 0 aliphatic carbocycles. The van der Waals surface area contributed by atoms with Crippen LogP contribution in [-0.2, 0) is 14.3 Å². The molecule has 1 rings (SSSR count). The summed E-state index contributed by atoms with van der Waals surface area (Å²) in [5, 5.41) is 8.44. The number of imide groups is 1. The third-order valence-corrected chi connectivity index (χ3v) is 2.61. The topological polar surface area (TPSA) is 66.8 Å². The molecule has 7 heteroatoms. The largest absolute Gasteiger partial charge is 0.394 e. The average Bonchev–Trinajstić information content (AvgIpc) is 2.41. The third kappa shape index (κ3) is 2.67. The van der Waals surface area contributed by atoms with E-state index in [4.69, 9.17) is 17.7 Å². The highest BCUT2D eigenvalue weighted by Gasteiger charge is 2.33.